The lowest BCUT2D eigenvalue weighted by molar-refractivity contribution is 0.0940. The van der Waals surface area contributed by atoms with Gasteiger partial charge in [0.15, 0.2) is 5.82 Å². The SMILES string of the molecule is Cc1c(C(=O)N[C@@H](C)c2cccc(F)c2)c2cccc(F)c2c(=O)n1-c1ccn(C)n1. The Labute approximate surface area is 176 Å². The molecule has 2 aromatic carbocycles. The van der Waals surface area contributed by atoms with E-state index in [2.05, 4.69) is 10.4 Å². The molecule has 1 atom stereocenters. The number of rotatable bonds is 4. The van der Waals surface area contributed by atoms with Gasteiger partial charge in [-0.3, -0.25) is 18.8 Å². The van der Waals surface area contributed by atoms with Crippen LogP contribution in [0.2, 0.25) is 0 Å². The van der Waals surface area contributed by atoms with E-state index >= 15 is 0 Å². The number of fused-ring (bicyclic) bond motifs is 1. The lowest BCUT2D eigenvalue weighted by Gasteiger charge is -2.19. The second-order valence-electron chi connectivity index (χ2n) is 7.36. The number of amides is 1. The molecule has 0 radical (unpaired) electrons. The third-order valence-electron chi connectivity index (χ3n) is 5.25. The Balaban J connectivity index is 1.90. The second kappa shape index (κ2) is 7.79. The van der Waals surface area contributed by atoms with E-state index < -0.39 is 29.1 Å². The minimum absolute atomic E-state index is 0.156. The second-order valence-corrected chi connectivity index (χ2v) is 7.36. The summed E-state index contributed by atoms with van der Waals surface area (Å²) in [6.07, 6.45) is 1.65. The summed E-state index contributed by atoms with van der Waals surface area (Å²) < 4.78 is 31.0. The molecule has 1 N–H and O–H groups in total. The van der Waals surface area contributed by atoms with Crippen molar-refractivity contribution in [3.8, 4) is 5.82 Å². The zero-order valence-corrected chi connectivity index (χ0v) is 17.2. The number of nitrogens with zero attached hydrogens (tertiary/aromatic N) is 3. The fourth-order valence-electron chi connectivity index (χ4n) is 3.73. The Morgan fingerprint density at radius 3 is 2.55 bits per heavy atom. The van der Waals surface area contributed by atoms with Crippen LogP contribution in [0, 0.1) is 18.6 Å². The van der Waals surface area contributed by atoms with Crippen LogP contribution in [-0.2, 0) is 7.05 Å². The predicted molar refractivity (Wildman–Crippen MR) is 113 cm³/mol. The lowest BCUT2D eigenvalue weighted by Crippen LogP contribution is -2.31. The number of carbonyl (C=O) groups excluding carboxylic acids is 1. The molecule has 4 rings (SSSR count). The summed E-state index contributed by atoms with van der Waals surface area (Å²) >= 11 is 0. The molecule has 0 fully saturated rings. The van der Waals surface area contributed by atoms with E-state index in [1.54, 1.807) is 45.3 Å². The molecule has 0 saturated carbocycles. The van der Waals surface area contributed by atoms with Gasteiger partial charge in [-0.1, -0.05) is 24.3 Å². The van der Waals surface area contributed by atoms with E-state index in [4.69, 9.17) is 0 Å². The number of carbonyl (C=O) groups is 1. The summed E-state index contributed by atoms with van der Waals surface area (Å²) in [6, 6.07) is 11.2. The number of nitrogens with one attached hydrogen (secondary N) is 1. The molecule has 2 heterocycles. The zero-order valence-electron chi connectivity index (χ0n) is 17.2. The van der Waals surface area contributed by atoms with Crippen LogP contribution < -0.4 is 10.9 Å². The van der Waals surface area contributed by atoms with Gasteiger partial charge in [0, 0.05) is 30.4 Å². The highest BCUT2D eigenvalue weighted by Gasteiger charge is 2.24. The van der Waals surface area contributed by atoms with Crippen LogP contribution in [0.25, 0.3) is 16.6 Å². The number of hydrogen-bond acceptors (Lipinski definition) is 3. The fourth-order valence-corrected chi connectivity index (χ4v) is 3.73. The topological polar surface area (TPSA) is 68.9 Å². The number of aryl methyl sites for hydroxylation is 1. The van der Waals surface area contributed by atoms with Gasteiger partial charge >= 0.3 is 0 Å². The van der Waals surface area contributed by atoms with Gasteiger partial charge in [-0.05, 0) is 37.6 Å². The molecule has 1 amide bonds. The molecular weight excluding hydrogens is 402 g/mol. The van der Waals surface area contributed by atoms with Crippen LogP contribution in [0.1, 0.15) is 34.6 Å². The first kappa shape index (κ1) is 20.5. The van der Waals surface area contributed by atoms with E-state index in [1.807, 2.05) is 0 Å². The van der Waals surface area contributed by atoms with Gasteiger partial charge in [0.2, 0.25) is 0 Å². The highest BCUT2D eigenvalue weighted by atomic mass is 19.1. The Bertz CT molecular complexity index is 1370. The molecule has 0 saturated heterocycles. The van der Waals surface area contributed by atoms with Gasteiger partial charge in [0.25, 0.3) is 11.5 Å². The predicted octanol–water partition coefficient (Wildman–Crippen LogP) is 3.80. The van der Waals surface area contributed by atoms with Crippen LogP contribution in [-0.4, -0.2) is 20.3 Å². The highest BCUT2D eigenvalue weighted by Crippen LogP contribution is 2.24. The first-order valence-electron chi connectivity index (χ1n) is 9.68. The van der Waals surface area contributed by atoms with Gasteiger partial charge in [-0.2, -0.15) is 5.10 Å². The van der Waals surface area contributed by atoms with E-state index in [0.29, 0.717) is 11.3 Å². The molecule has 2 aromatic heterocycles. The van der Waals surface area contributed by atoms with Crippen LogP contribution >= 0.6 is 0 Å². The first-order chi connectivity index (χ1) is 14.8. The Morgan fingerprint density at radius 1 is 1.13 bits per heavy atom. The fraction of sp³-hybridized carbons (Fsp3) is 0.174. The van der Waals surface area contributed by atoms with Crippen molar-refractivity contribution < 1.29 is 13.6 Å². The van der Waals surface area contributed by atoms with Crippen molar-refractivity contribution in [2.24, 2.45) is 7.05 Å². The van der Waals surface area contributed by atoms with Crippen molar-refractivity contribution in [2.45, 2.75) is 19.9 Å². The van der Waals surface area contributed by atoms with E-state index in [9.17, 15) is 18.4 Å². The maximum atomic E-state index is 14.7. The molecule has 0 aliphatic rings. The Hall–Kier alpha value is -3.81. The van der Waals surface area contributed by atoms with E-state index in [0.717, 1.165) is 0 Å². The van der Waals surface area contributed by atoms with Gasteiger partial charge < -0.3 is 5.32 Å². The van der Waals surface area contributed by atoms with Crippen molar-refractivity contribution in [1.82, 2.24) is 19.7 Å². The molecule has 0 bridgehead atoms. The molecule has 158 valence electrons. The molecule has 31 heavy (non-hydrogen) atoms. The average molecular weight is 422 g/mol. The van der Waals surface area contributed by atoms with Gasteiger partial charge in [0.1, 0.15) is 11.6 Å². The lowest BCUT2D eigenvalue weighted by atomic mass is 10.0. The molecule has 8 heteroatoms. The summed E-state index contributed by atoms with van der Waals surface area (Å²) in [7, 11) is 1.69. The molecule has 0 aliphatic carbocycles. The average Bonchev–Trinajstić information content (AvgIpc) is 3.13. The molecule has 4 aromatic rings. The maximum Gasteiger partial charge on any atom is 0.267 e. The van der Waals surface area contributed by atoms with Crippen molar-refractivity contribution in [2.75, 3.05) is 0 Å². The molecule has 0 aliphatic heterocycles. The van der Waals surface area contributed by atoms with Gasteiger partial charge in [-0.25, -0.2) is 8.78 Å². The summed E-state index contributed by atoms with van der Waals surface area (Å²) in [6.45, 7) is 3.34. The summed E-state index contributed by atoms with van der Waals surface area (Å²) in [5, 5.41) is 7.08. The van der Waals surface area contributed by atoms with Crippen molar-refractivity contribution in [3.05, 3.63) is 93.5 Å². The number of hydrogen-bond donors (Lipinski definition) is 1. The number of pyridine rings is 1. The molecule has 6 nitrogen and oxygen atoms in total. The quantitative estimate of drug-likeness (QED) is 0.544. The number of halogens is 2. The minimum atomic E-state index is -0.723. The third-order valence-corrected chi connectivity index (χ3v) is 5.25. The van der Waals surface area contributed by atoms with Crippen molar-refractivity contribution in [3.63, 3.8) is 0 Å². The monoisotopic (exact) mass is 422 g/mol. The summed E-state index contributed by atoms with van der Waals surface area (Å²) in [5.41, 5.74) is 0.465. The van der Waals surface area contributed by atoms with Crippen LogP contribution in [0.4, 0.5) is 8.78 Å². The van der Waals surface area contributed by atoms with Crippen molar-refractivity contribution >= 4 is 16.7 Å². The molecule has 0 spiro atoms. The van der Waals surface area contributed by atoms with Crippen LogP contribution in [0.3, 0.4) is 0 Å². The summed E-state index contributed by atoms with van der Waals surface area (Å²) in [4.78, 5) is 26.4. The van der Waals surface area contributed by atoms with E-state index in [1.165, 1.54) is 39.6 Å². The Kier molecular flexibility index (Phi) is 5.14. The summed E-state index contributed by atoms with van der Waals surface area (Å²) in [5.74, 6) is -1.36. The molecular formula is C23H20F2N4O2. The van der Waals surface area contributed by atoms with Gasteiger partial charge in [0.05, 0.1) is 17.0 Å². The smallest absolute Gasteiger partial charge is 0.267 e. The Morgan fingerprint density at radius 2 is 1.87 bits per heavy atom. The van der Waals surface area contributed by atoms with Crippen LogP contribution in [0.5, 0.6) is 0 Å². The maximum absolute atomic E-state index is 14.7. The minimum Gasteiger partial charge on any atom is -0.345 e. The standard InChI is InChI=1S/C23H20F2N4O2/c1-13(15-6-4-7-16(24)12-15)26-22(30)20-14(2)29(19-10-11-28(3)27-19)23(31)21-17(20)8-5-9-18(21)25/h4-13H,1-3H3,(H,26,30)/t13-/m0/s1. The molecule has 0 unspecified atom stereocenters. The van der Waals surface area contributed by atoms with Crippen molar-refractivity contribution in [1.29, 1.82) is 0 Å². The van der Waals surface area contributed by atoms with E-state index in [-0.39, 0.29) is 22.2 Å². The first-order valence-corrected chi connectivity index (χ1v) is 9.68. The largest absolute Gasteiger partial charge is 0.345 e. The normalized spacial score (nSPS) is 12.2. The third kappa shape index (κ3) is 3.61. The number of aromatic nitrogens is 3. The number of benzene rings is 2. The van der Waals surface area contributed by atoms with Crippen LogP contribution in [0.15, 0.2) is 59.5 Å². The highest BCUT2D eigenvalue weighted by molar-refractivity contribution is 6.08. The van der Waals surface area contributed by atoms with Gasteiger partial charge in [-0.15, -0.1) is 0 Å². The zero-order chi connectivity index (χ0) is 22.3.